The Morgan fingerprint density at radius 3 is 2.13 bits per heavy atom. The molecule has 3 nitrogen and oxygen atoms in total. The van der Waals surface area contributed by atoms with E-state index < -0.39 is 0 Å². The van der Waals surface area contributed by atoms with Crippen molar-refractivity contribution in [1.82, 2.24) is 5.06 Å². The molecule has 0 aliphatic carbocycles. The molecule has 0 aliphatic rings. The number of rotatable bonds is 8. The Balaban J connectivity index is 1.96. The molecule has 5 heteroatoms. The summed E-state index contributed by atoms with van der Waals surface area (Å²) in [6, 6.07) is 15.7. The van der Waals surface area contributed by atoms with E-state index in [-0.39, 0.29) is 6.61 Å². The van der Waals surface area contributed by atoms with E-state index in [1.165, 1.54) is 0 Å². The van der Waals surface area contributed by atoms with Crippen molar-refractivity contribution in [1.29, 1.82) is 0 Å². The minimum absolute atomic E-state index is 0.0806. The average Bonchev–Trinajstić information content (AvgIpc) is 2.51. The lowest BCUT2D eigenvalue weighted by atomic mass is 10.2. The summed E-state index contributed by atoms with van der Waals surface area (Å²) < 4.78 is 0. The first-order valence-electron chi connectivity index (χ1n) is 7.64. The molecular formula is C18H22ClNO2S. The van der Waals surface area contributed by atoms with Crippen LogP contribution in [-0.2, 0) is 0 Å². The fourth-order valence-corrected chi connectivity index (χ4v) is 2.99. The van der Waals surface area contributed by atoms with Crippen molar-refractivity contribution in [3.8, 4) is 5.75 Å². The lowest BCUT2D eigenvalue weighted by Crippen LogP contribution is -2.33. The minimum Gasteiger partial charge on any atom is -0.406 e. The average molecular weight is 352 g/mol. The summed E-state index contributed by atoms with van der Waals surface area (Å²) in [5.41, 5.74) is 0. The van der Waals surface area contributed by atoms with Gasteiger partial charge in [0.2, 0.25) is 0 Å². The number of benzene rings is 2. The number of nitrogens with zero attached hydrogens (tertiary/aromatic N) is 1. The van der Waals surface area contributed by atoms with Gasteiger partial charge in [0.15, 0.2) is 0 Å². The maximum atomic E-state index is 9.12. The van der Waals surface area contributed by atoms with Crippen LogP contribution < -0.4 is 4.84 Å². The van der Waals surface area contributed by atoms with E-state index in [0.29, 0.717) is 12.5 Å². The van der Waals surface area contributed by atoms with Gasteiger partial charge in [0.1, 0.15) is 5.75 Å². The molecule has 0 fully saturated rings. The van der Waals surface area contributed by atoms with Gasteiger partial charge in [-0.05, 0) is 54.4 Å². The predicted octanol–water partition coefficient (Wildman–Crippen LogP) is 4.74. The lowest BCUT2D eigenvalue weighted by Gasteiger charge is -2.23. The highest BCUT2D eigenvalue weighted by Gasteiger charge is 2.09. The van der Waals surface area contributed by atoms with Gasteiger partial charge in [0, 0.05) is 21.4 Å². The number of hydrogen-bond donors (Lipinski definition) is 1. The largest absolute Gasteiger partial charge is 0.406 e. The van der Waals surface area contributed by atoms with Crippen LogP contribution in [0.1, 0.15) is 13.8 Å². The maximum Gasteiger partial charge on any atom is 0.147 e. The van der Waals surface area contributed by atoms with Crippen LogP contribution in [0.25, 0.3) is 0 Å². The Labute approximate surface area is 147 Å². The number of hydrogen-bond acceptors (Lipinski definition) is 4. The zero-order valence-electron chi connectivity index (χ0n) is 13.4. The van der Waals surface area contributed by atoms with Crippen LogP contribution in [0.15, 0.2) is 58.3 Å². The summed E-state index contributed by atoms with van der Waals surface area (Å²) in [6.45, 7) is 5.61. The number of aliphatic hydroxyl groups is 1. The first-order valence-corrected chi connectivity index (χ1v) is 8.83. The van der Waals surface area contributed by atoms with Crippen LogP contribution in [0.2, 0.25) is 5.02 Å². The van der Waals surface area contributed by atoms with Crippen LogP contribution in [0.4, 0.5) is 0 Å². The van der Waals surface area contributed by atoms with Gasteiger partial charge in [-0.2, -0.15) is 0 Å². The van der Waals surface area contributed by atoms with E-state index in [0.717, 1.165) is 27.1 Å². The molecule has 0 unspecified atom stereocenters. The molecule has 0 spiro atoms. The topological polar surface area (TPSA) is 32.7 Å². The summed E-state index contributed by atoms with van der Waals surface area (Å²) in [4.78, 5) is 8.11. The van der Waals surface area contributed by atoms with E-state index in [1.807, 2.05) is 48.5 Å². The highest BCUT2D eigenvalue weighted by Crippen LogP contribution is 2.29. The van der Waals surface area contributed by atoms with E-state index in [2.05, 4.69) is 13.8 Å². The summed E-state index contributed by atoms with van der Waals surface area (Å²) in [6.07, 6.45) is 0. The second-order valence-electron chi connectivity index (χ2n) is 5.62. The standard InChI is InChI=1S/C18H22ClNO2S/c1-14(2)13-20(11-12-21)22-16-5-9-18(10-6-16)23-17-7-3-15(19)4-8-17/h3-10,14,21H,11-13H2,1-2H3. The molecule has 2 aromatic rings. The van der Waals surface area contributed by atoms with Crippen LogP contribution in [0, 0.1) is 5.92 Å². The lowest BCUT2D eigenvalue weighted by molar-refractivity contribution is -0.0755. The quantitative estimate of drug-likeness (QED) is 0.696. The molecule has 0 aromatic heterocycles. The van der Waals surface area contributed by atoms with E-state index in [9.17, 15) is 0 Å². The summed E-state index contributed by atoms with van der Waals surface area (Å²) in [5.74, 6) is 1.25. The van der Waals surface area contributed by atoms with Crippen LogP contribution in [0.3, 0.4) is 0 Å². The molecule has 0 aliphatic heterocycles. The number of hydroxylamine groups is 2. The predicted molar refractivity (Wildman–Crippen MR) is 96.1 cm³/mol. The van der Waals surface area contributed by atoms with Crippen molar-refractivity contribution in [2.24, 2.45) is 5.92 Å². The Morgan fingerprint density at radius 1 is 1.04 bits per heavy atom. The number of aliphatic hydroxyl groups excluding tert-OH is 1. The van der Waals surface area contributed by atoms with Crippen molar-refractivity contribution < 1.29 is 9.94 Å². The van der Waals surface area contributed by atoms with Crippen LogP contribution >= 0.6 is 23.4 Å². The molecule has 2 rings (SSSR count). The first kappa shape index (κ1) is 18.1. The molecule has 1 N–H and O–H groups in total. The van der Waals surface area contributed by atoms with Crippen LogP contribution in [-0.4, -0.2) is 29.9 Å². The van der Waals surface area contributed by atoms with E-state index in [4.69, 9.17) is 21.5 Å². The van der Waals surface area contributed by atoms with Gasteiger partial charge in [-0.25, -0.2) is 0 Å². The van der Waals surface area contributed by atoms with Crippen molar-refractivity contribution >= 4 is 23.4 Å². The van der Waals surface area contributed by atoms with Gasteiger partial charge >= 0.3 is 0 Å². The Kier molecular flexibility index (Phi) is 7.24. The monoisotopic (exact) mass is 351 g/mol. The Bertz CT molecular complexity index is 587. The molecule has 124 valence electrons. The summed E-state index contributed by atoms with van der Waals surface area (Å²) in [7, 11) is 0. The number of halogens is 1. The Morgan fingerprint density at radius 2 is 1.61 bits per heavy atom. The molecule has 23 heavy (non-hydrogen) atoms. The molecule has 0 amide bonds. The highest BCUT2D eigenvalue weighted by molar-refractivity contribution is 7.99. The molecular weight excluding hydrogens is 330 g/mol. The SMILES string of the molecule is CC(C)CN(CCO)Oc1ccc(Sc2ccc(Cl)cc2)cc1. The fourth-order valence-electron chi connectivity index (χ4n) is 2.05. The Hall–Kier alpha value is -1.20. The highest BCUT2D eigenvalue weighted by atomic mass is 35.5. The summed E-state index contributed by atoms with van der Waals surface area (Å²) in [5, 5.41) is 11.7. The van der Waals surface area contributed by atoms with Gasteiger partial charge in [-0.1, -0.05) is 37.2 Å². The van der Waals surface area contributed by atoms with Crippen molar-refractivity contribution in [3.63, 3.8) is 0 Å². The zero-order valence-corrected chi connectivity index (χ0v) is 15.0. The van der Waals surface area contributed by atoms with Crippen molar-refractivity contribution in [2.45, 2.75) is 23.6 Å². The molecule has 0 radical (unpaired) electrons. The minimum atomic E-state index is 0.0806. The normalized spacial score (nSPS) is 11.2. The zero-order chi connectivity index (χ0) is 16.7. The van der Waals surface area contributed by atoms with Gasteiger partial charge < -0.3 is 9.94 Å². The first-order chi connectivity index (χ1) is 11.1. The third-order valence-electron chi connectivity index (χ3n) is 3.03. The van der Waals surface area contributed by atoms with E-state index >= 15 is 0 Å². The molecule has 2 aromatic carbocycles. The van der Waals surface area contributed by atoms with Gasteiger partial charge in [-0.15, -0.1) is 5.06 Å². The summed E-state index contributed by atoms with van der Waals surface area (Å²) >= 11 is 7.57. The molecule has 0 saturated carbocycles. The maximum absolute atomic E-state index is 9.12. The molecule has 0 bridgehead atoms. The smallest absolute Gasteiger partial charge is 0.147 e. The van der Waals surface area contributed by atoms with Crippen molar-refractivity contribution in [2.75, 3.05) is 19.7 Å². The van der Waals surface area contributed by atoms with Gasteiger partial charge in [0.05, 0.1) is 13.2 Å². The van der Waals surface area contributed by atoms with Crippen molar-refractivity contribution in [3.05, 3.63) is 53.6 Å². The van der Waals surface area contributed by atoms with E-state index in [1.54, 1.807) is 16.8 Å². The fraction of sp³-hybridized carbons (Fsp3) is 0.333. The second kappa shape index (κ2) is 9.18. The molecule has 0 atom stereocenters. The second-order valence-corrected chi connectivity index (χ2v) is 7.21. The third kappa shape index (κ3) is 6.43. The van der Waals surface area contributed by atoms with Gasteiger partial charge in [0.25, 0.3) is 0 Å². The third-order valence-corrected chi connectivity index (χ3v) is 4.29. The molecule has 0 heterocycles. The van der Waals surface area contributed by atoms with Crippen LogP contribution in [0.5, 0.6) is 5.75 Å². The van der Waals surface area contributed by atoms with Gasteiger partial charge in [-0.3, -0.25) is 0 Å². The molecule has 0 saturated heterocycles.